The molecule has 0 radical (unpaired) electrons. The van der Waals surface area contributed by atoms with E-state index in [0.29, 0.717) is 33.0 Å². The summed E-state index contributed by atoms with van der Waals surface area (Å²) < 4.78 is 16.1. The molecule has 0 spiro atoms. The average Bonchev–Trinajstić information content (AvgIpc) is 2.85. The second kappa shape index (κ2) is 10.5. The molecule has 0 aromatic heterocycles. The first-order chi connectivity index (χ1) is 8.43. The second-order valence-electron chi connectivity index (χ2n) is 3.86. The van der Waals surface area contributed by atoms with E-state index in [-0.39, 0.29) is 0 Å². The van der Waals surface area contributed by atoms with Gasteiger partial charge in [0.15, 0.2) is 0 Å². The van der Waals surface area contributed by atoms with Gasteiger partial charge in [0.1, 0.15) is 0 Å². The van der Waals surface area contributed by atoms with E-state index in [0.717, 1.165) is 26.0 Å². The maximum Gasteiger partial charge on any atom is 0.0977 e. The normalized spacial score (nSPS) is 14.3. The van der Waals surface area contributed by atoms with Crippen molar-refractivity contribution in [2.75, 3.05) is 46.2 Å². The van der Waals surface area contributed by atoms with E-state index in [2.05, 4.69) is 24.0 Å². The lowest BCUT2D eigenvalue weighted by Gasteiger charge is -2.06. The molecule has 1 rings (SSSR count). The zero-order chi connectivity index (χ0) is 12.2. The summed E-state index contributed by atoms with van der Waals surface area (Å²) in [5, 5.41) is 0. The highest BCUT2D eigenvalue weighted by molar-refractivity contribution is 5.25. The molecule has 98 valence electrons. The van der Waals surface area contributed by atoms with E-state index in [1.54, 1.807) is 0 Å². The van der Waals surface area contributed by atoms with Gasteiger partial charge in [-0.05, 0) is 18.4 Å². The van der Waals surface area contributed by atoms with Crippen LogP contribution in [0.3, 0.4) is 0 Å². The van der Waals surface area contributed by atoms with Gasteiger partial charge in [0.05, 0.1) is 46.2 Å². The Labute approximate surface area is 103 Å². The van der Waals surface area contributed by atoms with Crippen LogP contribution >= 0.6 is 0 Å². The van der Waals surface area contributed by atoms with Crippen LogP contribution in [0.15, 0.2) is 23.8 Å². The first kappa shape index (κ1) is 14.4. The molecule has 0 heterocycles. The van der Waals surface area contributed by atoms with Gasteiger partial charge in [-0.2, -0.15) is 0 Å². The van der Waals surface area contributed by atoms with E-state index in [9.17, 15) is 0 Å². The number of allylic oxidation sites excluding steroid dienone is 3. The number of quaternary nitrogens is 1. The zero-order valence-electron chi connectivity index (χ0n) is 10.5. The third-order valence-corrected chi connectivity index (χ3v) is 2.42. The Bertz CT molecular complexity index is 239. The van der Waals surface area contributed by atoms with Gasteiger partial charge in [-0.1, -0.05) is 18.2 Å². The molecule has 0 saturated heterocycles. The molecule has 17 heavy (non-hydrogen) atoms. The van der Waals surface area contributed by atoms with Crippen LogP contribution in [0, 0.1) is 0 Å². The molecular weight excluding hydrogens is 218 g/mol. The molecule has 0 atom stereocenters. The summed E-state index contributed by atoms with van der Waals surface area (Å²) in [6.45, 7) is 4.88. The first-order valence-corrected chi connectivity index (χ1v) is 6.31. The van der Waals surface area contributed by atoms with Gasteiger partial charge in [0.25, 0.3) is 0 Å². The Morgan fingerprint density at radius 1 is 0.941 bits per heavy atom. The Hall–Kier alpha value is -0.680. The fourth-order valence-corrected chi connectivity index (χ4v) is 1.53. The van der Waals surface area contributed by atoms with Crippen LogP contribution < -0.4 is 5.73 Å². The van der Waals surface area contributed by atoms with Crippen molar-refractivity contribution >= 4 is 0 Å². The molecule has 0 fully saturated rings. The van der Waals surface area contributed by atoms with Crippen molar-refractivity contribution in [2.45, 2.75) is 12.8 Å². The molecule has 0 bridgehead atoms. The van der Waals surface area contributed by atoms with Crippen LogP contribution in [-0.2, 0) is 14.2 Å². The van der Waals surface area contributed by atoms with Crippen molar-refractivity contribution in [3.8, 4) is 0 Å². The third-order valence-electron chi connectivity index (χ3n) is 2.42. The summed E-state index contributed by atoms with van der Waals surface area (Å²) >= 11 is 0. The molecule has 3 N–H and O–H groups in total. The number of ether oxygens (including phenoxy) is 3. The molecule has 1 aliphatic carbocycles. The van der Waals surface area contributed by atoms with E-state index in [4.69, 9.17) is 14.2 Å². The fraction of sp³-hybridized carbons (Fsp3) is 0.692. The molecule has 0 aliphatic heterocycles. The lowest BCUT2D eigenvalue weighted by molar-refractivity contribution is -0.374. The van der Waals surface area contributed by atoms with Gasteiger partial charge in [0.2, 0.25) is 0 Å². The minimum absolute atomic E-state index is 0.636. The molecule has 0 saturated carbocycles. The predicted molar refractivity (Wildman–Crippen MR) is 66.7 cm³/mol. The highest BCUT2D eigenvalue weighted by Gasteiger charge is 1.97. The average molecular weight is 242 g/mol. The van der Waals surface area contributed by atoms with Gasteiger partial charge in [-0.15, -0.1) is 0 Å². The van der Waals surface area contributed by atoms with Crippen LogP contribution in [0.1, 0.15) is 12.8 Å². The Morgan fingerprint density at radius 3 is 2.18 bits per heavy atom. The minimum atomic E-state index is 0.636. The topological polar surface area (TPSA) is 55.3 Å². The maximum absolute atomic E-state index is 5.47. The van der Waals surface area contributed by atoms with E-state index in [1.807, 2.05) is 0 Å². The molecule has 0 aromatic carbocycles. The van der Waals surface area contributed by atoms with Crippen LogP contribution in [0.25, 0.3) is 0 Å². The number of hydrogen-bond donors (Lipinski definition) is 1. The maximum atomic E-state index is 5.47. The van der Waals surface area contributed by atoms with Gasteiger partial charge >= 0.3 is 0 Å². The van der Waals surface area contributed by atoms with Gasteiger partial charge in [-0.25, -0.2) is 0 Å². The van der Waals surface area contributed by atoms with Gasteiger partial charge < -0.3 is 19.9 Å². The van der Waals surface area contributed by atoms with E-state index < -0.39 is 0 Å². The molecule has 0 unspecified atom stereocenters. The van der Waals surface area contributed by atoms with Crippen molar-refractivity contribution in [1.29, 1.82) is 0 Å². The lowest BCUT2D eigenvalue weighted by Crippen LogP contribution is -2.52. The molecule has 0 amide bonds. The predicted octanol–water partition coefficient (Wildman–Crippen LogP) is 0.554. The monoisotopic (exact) mass is 242 g/mol. The summed E-state index contributed by atoms with van der Waals surface area (Å²) in [5.41, 5.74) is 5.07. The van der Waals surface area contributed by atoms with Crippen molar-refractivity contribution in [3.63, 3.8) is 0 Å². The number of hydrogen-bond acceptors (Lipinski definition) is 3. The molecule has 0 aromatic rings. The van der Waals surface area contributed by atoms with Crippen LogP contribution in [0.5, 0.6) is 0 Å². The van der Waals surface area contributed by atoms with Crippen LogP contribution in [-0.4, -0.2) is 46.2 Å². The Kier molecular flexibility index (Phi) is 8.86. The van der Waals surface area contributed by atoms with Crippen LogP contribution in [0.2, 0.25) is 0 Å². The summed E-state index contributed by atoms with van der Waals surface area (Å²) in [6.07, 6.45) is 8.65. The van der Waals surface area contributed by atoms with E-state index >= 15 is 0 Å². The molecule has 4 heteroatoms. The van der Waals surface area contributed by atoms with E-state index in [1.165, 1.54) is 5.57 Å². The SMILES string of the molecule is [NH3+]CCOCCOCCOCCC1=CCC=C1. The van der Waals surface area contributed by atoms with Crippen molar-refractivity contribution in [3.05, 3.63) is 23.8 Å². The summed E-state index contributed by atoms with van der Waals surface area (Å²) in [5.74, 6) is 0. The van der Waals surface area contributed by atoms with Crippen LogP contribution in [0.4, 0.5) is 0 Å². The first-order valence-electron chi connectivity index (χ1n) is 6.31. The summed E-state index contributed by atoms with van der Waals surface area (Å²) in [6, 6.07) is 0. The largest absolute Gasteiger partial charge is 0.379 e. The lowest BCUT2D eigenvalue weighted by atomic mass is 10.2. The van der Waals surface area contributed by atoms with Gasteiger partial charge in [0, 0.05) is 0 Å². The second-order valence-corrected chi connectivity index (χ2v) is 3.86. The molecular formula is C13H24NO3+. The zero-order valence-corrected chi connectivity index (χ0v) is 10.5. The molecule has 1 aliphatic rings. The fourth-order valence-electron chi connectivity index (χ4n) is 1.53. The van der Waals surface area contributed by atoms with Crippen molar-refractivity contribution in [1.82, 2.24) is 0 Å². The van der Waals surface area contributed by atoms with Gasteiger partial charge in [-0.3, -0.25) is 0 Å². The minimum Gasteiger partial charge on any atom is -0.379 e. The Balaban J connectivity index is 1.74. The quantitative estimate of drug-likeness (QED) is 0.538. The Morgan fingerprint density at radius 2 is 1.59 bits per heavy atom. The smallest absolute Gasteiger partial charge is 0.0977 e. The highest BCUT2D eigenvalue weighted by Crippen LogP contribution is 2.12. The van der Waals surface area contributed by atoms with Crippen molar-refractivity contribution < 1.29 is 19.9 Å². The summed E-state index contributed by atoms with van der Waals surface area (Å²) in [7, 11) is 0. The highest BCUT2D eigenvalue weighted by atomic mass is 16.5. The summed E-state index contributed by atoms with van der Waals surface area (Å²) in [4.78, 5) is 0. The standard InChI is InChI=1S/C13H23NO3/c14-6-8-16-10-12-17-11-9-15-7-5-13-3-1-2-4-13/h1,3-4H,2,5-12,14H2/p+1. The van der Waals surface area contributed by atoms with Crippen molar-refractivity contribution in [2.24, 2.45) is 0 Å². The molecule has 4 nitrogen and oxygen atoms in total. The third kappa shape index (κ3) is 8.10. The number of rotatable bonds is 11.